The van der Waals surface area contributed by atoms with Gasteiger partial charge in [0.15, 0.2) is 11.8 Å². The first-order valence-electron chi connectivity index (χ1n) is 7.94. The number of esters is 2. The van der Waals surface area contributed by atoms with E-state index in [9.17, 15) is 62.3 Å². The molecule has 0 N–H and O–H groups in total. The van der Waals surface area contributed by atoms with Gasteiger partial charge in [-0.2, -0.15) is 52.7 Å². The Kier molecular flexibility index (Phi) is 9.71. The van der Waals surface area contributed by atoms with Crippen molar-refractivity contribution < 1.29 is 71.7 Å². The molecule has 0 bridgehead atoms. The van der Waals surface area contributed by atoms with Crippen LogP contribution in [0.3, 0.4) is 0 Å². The van der Waals surface area contributed by atoms with E-state index in [4.69, 9.17) is 0 Å². The van der Waals surface area contributed by atoms with E-state index in [0.29, 0.717) is 0 Å². The largest absolute Gasteiger partial charge is 0.465 e. The summed E-state index contributed by atoms with van der Waals surface area (Å²) >= 11 is 0. The van der Waals surface area contributed by atoms with E-state index in [0.717, 1.165) is 0 Å². The highest BCUT2D eigenvalue weighted by atomic mass is 19.4. The van der Waals surface area contributed by atoms with Crippen LogP contribution >= 0.6 is 0 Å². The lowest BCUT2D eigenvalue weighted by molar-refractivity contribution is -0.288. The SMILES string of the molecule is C=C(CC(=O)OCCC(C(F)(F)F)C(F)(F)F)C(=O)OCCC(C(F)(F)F)C(F)(F)F. The Morgan fingerprint density at radius 1 is 0.645 bits per heavy atom. The van der Waals surface area contributed by atoms with Crippen LogP contribution in [0.15, 0.2) is 12.2 Å². The monoisotopic (exact) mass is 486 g/mol. The van der Waals surface area contributed by atoms with Crippen LogP contribution in [0.1, 0.15) is 19.3 Å². The van der Waals surface area contributed by atoms with E-state index < -0.39 is 86.5 Å². The van der Waals surface area contributed by atoms with Crippen LogP contribution in [0.25, 0.3) is 0 Å². The van der Waals surface area contributed by atoms with E-state index in [1.54, 1.807) is 0 Å². The lowest BCUT2D eigenvalue weighted by Gasteiger charge is -2.22. The molecule has 0 heterocycles. The van der Waals surface area contributed by atoms with Gasteiger partial charge in [0.2, 0.25) is 0 Å². The maximum absolute atomic E-state index is 12.3. The van der Waals surface area contributed by atoms with E-state index >= 15 is 0 Å². The molecule has 0 aliphatic heterocycles. The fourth-order valence-corrected chi connectivity index (χ4v) is 1.99. The predicted octanol–water partition coefficient (Wildman–Crippen LogP) is 5.28. The molecule has 0 aliphatic rings. The smallest absolute Gasteiger partial charge is 0.400 e. The van der Waals surface area contributed by atoms with Gasteiger partial charge in [-0.15, -0.1) is 0 Å². The summed E-state index contributed by atoms with van der Waals surface area (Å²) in [5.74, 6) is -10.7. The Morgan fingerprint density at radius 3 is 1.29 bits per heavy atom. The van der Waals surface area contributed by atoms with Gasteiger partial charge in [0.1, 0.15) is 0 Å². The molecule has 31 heavy (non-hydrogen) atoms. The third-order valence-corrected chi connectivity index (χ3v) is 3.54. The van der Waals surface area contributed by atoms with Crippen LogP contribution in [0.2, 0.25) is 0 Å². The van der Waals surface area contributed by atoms with Gasteiger partial charge in [-0.3, -0.25) is 4.79 Å². The van der Waals surface area contributed by atoms with Crippen molar-refractivity contribution in [2.75, 3.05) is 13.2 Å². The van der Waals surface area contributed by atoms with Crippen molar-refractivity contribution in [3.63, 3.8) is 0 Å². The molecule has 0 radical (unpaired) electrons. The van der Waals surface area contributed by atoms with Crippen LogP contribution < -0.4 is 0 Å². The molecule has 0 rings (SSSR count). The number of ether oxygens (including phenoxy) is 2. The lowest BCUT2D eigenvalue weighted by Crippen LogP contribution is -2.37. The molecule has 182 valence electrons. The second kappa shape index (κ2) is 10.4. The van der Waals surface area contributed by atoms with Gasteiger partial charge in [-0.05, 0) is 0 Å². The fraction of sp³-hybridized carbons (Fsp3) is 0.733. The highest BCUT2D eigenvalue weighted by Gasteiger charge is 2.57. The lowest BCUT2D eigenvalue weighted by atomic mass is 10.1. The van der Waals surface area contributed by atoms with Crippen LogP contribution in [0.5, 0.6) is 0 Å². The minimum absolute atomic E-state index is 0.858. The summed E-state index contributed by atoms with van der Waals surface area (Å²) < 4.78 is 156. The van der Waals surface area contributed by atoms with Gasteiger partial charge in [0.25, 0.3) is 0 Å². The fourth-order valence-electron chi connectivity index (χ4n) is 1.99. The van der Waals surface area contributed by atoms with Crippen molar-refractivity contribution in [2.24, 2.45) is 11.8 Å². The first-order chi connectivity index (χ1) is 13.7. The summed E-state index contributed by atoms with van der Waals surface area (Å²) in [6, 6.07) is 0. The molecule has 0 amide bonds. The Bertz CT molecular complexity index is 602. The number of rotatable bonds is 9. The molecular weight excluding hydrogens is 472 g/mol. The van der Waals surface area contributed by atoms with Crippen LogP contribution in [0, 0.1) is 11.8 Å². The summed E-state index contributed by atoms with van der Waals surface area (Å²) in [7, 11) is 0. The zero-order valence-corrected chi connectivity index (χ0v) is 15.1. The van der Waals surface area contributed by atoms with Gasteiger partial charge in [0, 0.05) is 18.4 Å². The summed E-state index contributed by atoms with van der Waals surface area (Å²) in [6.07, 6.45) is -27.2. The number of carbonyl (C=O) groups is 2. The highest BCUT2D eigenvalue weighted by molar-refractivity contribution is 5.93. The standard InChI is InChI=1S/C15H14F12O4/c1-7(11(29)31-5-3-9(14(22,23)24)15(25,26)27)6-10(28)30-4-2-8(12(16,17)18)13(19,20)21/h8-9H,1-6H2. The zero-order valence-electron chi connectivity index (χ0n) is 15.1. The Labute approximate surface area is 166 Å². The van der Waals surface area contributed by atoms with E-state index in [-0.39, 0.29) is 0 Å². The molecule has 0 atom stereocenters. The predicted molar refractivity (Wildman–Crippen MR) is 76.1 cm³/mol. The number of alkyl halides is 12. The third kappa shape index (κ3) is 10.6. The Balaban J connectivity index is 4.56. The number of carbonyl (C=O) groups excluding carboxylic acids is 2. The molecule has 16 heteroatoms. The Morgan fingerprint density at radius 2 is 0.968 bits per heavy atom. The molecule has 4 nitrogen and oxygen atoms in total. The molecule has 0 fully saturated rings. The number of hydrogen-bond acceptors (Lipinski definition) is 4. The number of hydrogen-bond donors (Lipinski definition) is 0. The first-order valence-corrected chi connectivity index (χ1v) is 7.94. The van der Waals surface area contributed by atoms with Gasteiger partial charge in [-0.1, -0.05) is 6.58 Å². The molecule has 0 spiro atoms. The van der Waals surface area contributed by atoms with Crippen molar-refractivity contribution in [2.45, 2.75) is 44.0 Å². The molecule has 0 aliphatic carbocycles. The molecule has 0 saturated carbocycles. The minimum atomic E-state index is -5.67. The quantitative estimate of drug-likeness (QED) is 0.253. The third-order valence-electron chi connectivity index (χ3n) is 3.54. The maximum Gasteiger partial charge on any atom is 0.400 e. The molecule has 0 aromatic rings. The normalized spacial score (nSPS) is 13.5. The van der Waals surface area contributed by atoms with Crippen LogP contribution in [-0.2, 0) is 19.1 Å². The van der Waals surface area contributed by atoms with Crippen molar-refractivity contribution >= 4 is 11.9 Å². The molecule has 0 unspecified atom stereocenters. The van der Waals surface area contributed by atoms with Crippen LogP contribution in [-0.4, -0.2) is 49.9 Å². The van der Waals surface area contributed by atoms with E-state index in [1.807, 2.05) is 0 Å². The van der Waals surface area contributed by atoms with Crippen molar-refractivity contribution in [1.29, 1.82) is 0 Å². The topological polar surface area (TPSA) is 52.6 Å². The van der Waals surface area contributed by atoms with Crippen LogP contribution in [0.4, 0.5) is 52.7 Å². The first kappa shape index (κ1) is 28.8. The van der Waals surface area contributed by atoms with Gasteiger partial charge >= 0.3 is 36.6 Å². The minimum Gasteiger partial charge on any atom is -0.465 e. The number of halogens is 12. The molecule has 0 saturated heterocycles. The van der Waals surface area contributed by atoms with Gasteiger partial charge in [0.05, 0.1) is 19.6 Å². The maximum atomic E-state index is 12.3. The van der Waals surface area contributed by atoms with Crippen molar-refractivity contribution in [1.82, 2.24) is 0 Å². The summed E-state index contributed by atoms with van der Waals surface area (Å²) in [6.45, 7) is 0.223. The average Bonchev–Trinajstić information content (AvgIpc) is 2.50. The zero-order chi connectivity index (χ0) is 24.8. The van der Waals surface area contributed by atoms with E-state index in [1.165, 1.54) is 0 Å². The second-order valence-corrected chi connectivity index (χ2v) is 5.99. The van der Waals surface area contributed by atoms with Crippen molar-refractivity contribution in [3.8, 4) is 0 Å². The summed E-state index contributed by atoms with van der Waals surface area (Å²) in [5, 5.41) is 0. The van der Waals surface area contributed by atoms with Gasteiger partial charge < -0.3 is 9.47 Å². The van der Waals surface area contributed by atoms with Gasteiger partial charge in [-0.25, -0.2) is 4.79 Å². The second-order valence-electron chi connectivity index (χ2n) is 5.99. The van der Waals surface area contributed by atoms with Crippen molar-refractivity contribution in [3.05, 3.63) is 12.2 Å². The highest BCUT2D eigenvalue weighted by Crippen LogP contribution is 2.42. The molecular formula is C15H14F12O4. The average molecular weight is 486 g/mol. The van der Waals surface area contributed by atoms with E-state index in [2.05, 4.69) is 16.1 Å². The Hall–Kier alpha value is -2.16. The molecule has 0 aromatic heterocycles. The summed E-state index contributed by atoms with van der Waals surface area (Å²) in [5.41, 5.74) is -0.858. The molecule has 0 aromatic carbocycles. The summed E-state index contributed by atoms with van der Waals surface area (Å²) in [4.78, 5) is 22.7.